The van der Waals surface area contributed by atoms with Crippen LogP contribution >= 0.6 is 0 Å². The Morgan fingerprint density at radius 1 is 1.09 bits per heavy atom. The lowest BCUT2D eigenvalue weighted by Gasteiger charge is -2.39. The molecule has 10 nitrogen and oxygen atoms in total. The number of carbonyl (C=O) groups excluding carboxylic acids is 4. The van der Waals surface area contributed by atoms with Gasteiger partial charge in [0.1, 0.15) is 5.75 Å². The Kier molecular flexibility index (Phi) is 6.31. The standard InChI is InChI=1S/C24H24N4O6/c1-14-13-27(9-10-28(14)22(30)15-7-5-4-6-8-15)23(31)21(29)16-11-25-19-18(16)17(33-2)12-26-20(19)24(32)34-3/h4-8,11-12,14,25H,9-10,13H2,1-3H3/t14-/m1/s1. The summed E-state index contributed by atoms with van der Waals surface area (Å²) in [5.74, 6) is -2.00. The topological polar surface area (TPSA) is 122 Å². The Morgan fingerprint density at radius 3 is 2.47 bits per heavy atom. The fourth-order valence-electron chi connectivity index (χ4n) is 4.15. The van der Waals surface area contributed by atoms with Gasteiger partial charge in [-0.3, -0.25) is 14.4 Å². The van der Waals surface area contributed by atoms with Crippen LogP contribution in [0.15, 0.2) is 42.7 Å². The number of hydrogen-bond donors (Lipinski definition) is 1. The molecule has 0 saturated carbocycles. The number of aromatic nitrogens is 2. The molecule has 1 atom stereocenters. The number of methoxy groups -OCH3 is 2. The molecule has 2 amide bonds. The number of H-pyrrole nitrogens is 1. The second kappa shape index (κ2) is 9.34. The van der Waals surface area contributed by atoms with Gasteiger partial charge in [0, 0.05) is 37.4 Å². The van der Waals surface area contributed by atoms with E-state index in [0.29, 0.717) is 12.1 Å². The number of benzene rings is 1. The lowest BCUT2D eigenvalue weighted by Crippen LogP contribution is -2.56. The molecule has 0 unspecified atom stereocenters. The number of nitrogens with zero attached hydrogens (tertiary/aromatic N) is 3. The van der Waals surface area contributed by atoms with Crippen molar-refractivity contribution in [2.45, 2.75) is 13.0 Å². The summed E-state index contributed by atoms with van der Waals surface area (Å²) in [5, 5.41) is 0.280. The lowest BCUT2D eigenvalue weighted by atomic mass is 10.1. The maximum atomic E-state index is 13.2. The van der Waals surface area contributed by atoms with Gasteiger partial charge in [-0.05, 0) is 19.1 Å². The first-order chi connectivity index (χ1) is 16.4. The van der Waals surface area contributed by atoms with E-state index in [0.717, 1.165) is 0 Å². The monoisotopic (exact) mass is 464 g/mol. The SMILES string of the molecule is COC(=O)c1ncc(OC)c2c(C(=O)C(=O)N3CCN(C(=O)c4ccccc4)[C@H](C)C3)c[nH]c12. The fourth-order valence-corrected chi connectivity index (χ4v) is 4.15. The zero-order chi connectivity index (χ0) is 24.4. The third kappa shape index (κ3) is 3.98. The lowest BCUT2D eigenvalue weighted by molar-refractivity contribution is -0.128. The third-order valence-corrected chi connectivity index (χ3v) is 5.91. The number of nitrogens with one attached hydrogen (secondary N) is 1. The van der Waals surface area contributed by atoms with Crippen LogP contribution in [-0.4, -0.2) is 83.2 Å². The summed E-state index contributed by atoms with van der Waals surface area (Å²) in [6.07, 6.45) is 2.67. The molecule has 176 valence electrons. The molecule has 1 N–H and O–H groups in total. The predicted octanol–water partition coefficient (Wildman–Crippen LogP) is 1.91. The highest BCUT2D eigenvalue weighted by molar-refractivity contribution is 6.45. The molecule has 0 spiro atoms. The fraction of sp³-hybridized carbons (Fsp3) is 0.292. The summed E-state index contributed by atoms with van der Waals surface area (Å²) in [4.78, 5) is 61.2. The molecular weight excluding hydrogens is 440 g/mol. The summed E-state index contributed by atoms with van der Waals surface area (Å²) in [7, 11) is 2.63. The second-order valence-corrected chi connectivity index (χ2v) is 7.91. The van der Waals surface area contributed by atoms with Gasteiger partial charge < -0.3 is 24.3 Å². The van der Waals surface area contributed by atoms with E-state index in [4.69, 9.17) is 9.47 Å². The van der Waals surface area contributed by atoms with Crippen LogP contribution in [0.25, 0.3) is 10.9 Å². The largest absolute Gasteiger partial charge is 0.494 e. The van der Waals surface area contributed by atoms with Crippen molar-refractivity contribution in [3.8, 4) is 5.75 Å². The van der Waals surface area contributed by atoms with Gasteiger partial charge in [-0.25, -0.2) is 9.78 Å². The molecule has 3 aromatic rings. The third-order valence-electron chi connectivity index (χ3n) is 5.91. The number of aromatic amines is 1. The van der Waals surface area contributed by atoms with E-state index in [1.165, 1.54) is 31.5 Å². The number of amides is 2. The predicted molar refractivity (Wildman–Crippen MR) is 122 cm³/mol. The van der Waals surface area contributed by atoms with Crippen molar-refractivity contribution < 1.29 is 28.7 Å². The van der Waals surface area contributed by atoms with Gasteiger partial charge in [0.05, 0.1) is 36.9 Å². The summed E-state index contributed by atoms with van der Waals surface area (Å²) in [5.41, 5.74) is 0.867. The van der Waals surface area contributed by atoms with Crippen molar-refractivity contribution in [1.29, 1.82) is 0 Å². The van der Waals surface area contributed by atoms with E-state index in [9.17, 15) is 19.2 Å². The van der Waals surface area contributed by atoms with Crippen LogP contribution in [0, 0.1) is 0 Å². The van der Waals surface area contributed by atoms with E-state index >= 15 is 0 Å². The normalized spacial score (nSPS) is 15.8. The van der Waals surface area contributed by atoms with Gasteiger partial charge in [0.25, 0.3) is 17.6 Å². The molecule has 3 heterocycles. The number of fused-ring (bicyclic) bond motifs is 1. The Hall–Kier alpha value is -4.21. The van der Waals surface area contributed by atoms with E-state index in [1.807, 2.05) is 13.0 Å². The van der Waals surface area contributed by atoms with Crippen LogP contribution in [0.4, 0.5) is 0 Å². The highest BCUT2D eigenvalue weighted by atomic mass is 16.5. The molecule has 2 aromatic heterocycles. The molecule has 34 heavy (non-hydrogen) atoms. The molecular formula is C24H24N4O6. The minimum absolute atomic E-state index is 0.0218. The van der Waals surface area contributed by atoms with Crippen LogP contribution in [-0.2, 0) is 9.53 Å². The van der Waals surface area contributed by atoms with Crippen molar-refractivity contribution in [3.05, 3.63) is 59.5 Å². The zero-order valence-corrected chi connectivity index (χ0v) is 19.0. The van der Waals surface area contributed by atoms with Gasteiger partial charge in [0.15, 0.2) is 5.69 Å². The van der Waals surface area contributed by atoms with Crippen LogP contribution in [0.1, 0.15) is 38.1 Å². The highest BCUT2D eigenvalue weighted by Crippen LogP contribution is 2.31. The molecule has 10 heteroatoms. The van der Waals surface area contributed by atoms with Gasteiger partial charge in [-0.2, -0.15) is 0 Å². The summed E-state index contributed by atoms with van der Waals surface area (Å²) in [6.45, 7) is 2.59. The average molecular weight is 464 g/mol. The van der Waals surface area contributed by atoms with Crippen molar-refractivity contribution in [2.24, 2.45) is 0 Å². The van der Waals surface area contributed by atoms with Crippen molar-refractivity contribution in [2.75, 3.05) is 33.9 Å². The van der Waals surface area contributed by atoms with Crippen LogP contribution in [0.5, 0.6) is 5.75 Å². The minimum atomic E-state index is -0.749. The molecule has 1 saturated heterocycles. The zero-order valence-electron chi connectivity index (χ0n) is 19.0. The number of esters is 1. The molecule has 0 aliphatic carbocycles. The quantitative estimate of drug-likeness (QED) is 0.348. The van der Waals surface area contributed by atoms with Crippen LogP contribution in [0.2, 0.25) is 0 Å². The van der Waals surface area contributed by atoms with Crippen molar-refractivity contribution in [1.82, 2.24) is 19.8 Å². The number of Topliss-reactive ketones (excluding diaryl/α,β-unsaturated/α-hetero) is 1. The van der Waals surface area contributed by atoms with Gasteiger partial charge in [-0.1, -0.05) is 18.2 Å². The molecule has 1 aromatic carbocycles. The molecule has 1 aliphatic rings. The van der Waals surface area contributed by atoms with E-state index in [-0.39, 0.29) is 52.9 Å². The number of piperazine rings is 1. The van der Waals surface area contributed by atoms with Crippen molar-refractivity contribution >= 4 is 34.5 Å². The number of ketones is 1. The van der Waals surface area contributed by atoms with E-state index in [1.54, 1.807) is 29.2 Å². The summed E-state index contributed by atoms with van der Waals surface area (Å²) >= 11 is 0. The summed E-state index contributed by atoms with van der Waals surface area (Å²) < 4.78 is 10.1. The summed E-state index contributed by atoms with van der Waals surface area (Å²) in [6, 6.07) is 8.66. The maximum Gasteiger partial charge on any atom is 0.358 e. The van der Waals surface area contributed by atoms with Crippen LogP contribution < -0.4 is 4.74 Å². The molecule has 0 bridgehead atoms. The number of carbonyl (C=O) groups is 4. The first-order valence-corrected chi connectivity index (χ1v) is 10.7. The Morgan fingerprint density at radius 2 is 1.82 bits per heavy atom. The maximum absolute atomic E-state index is 13.2. The first kappa shape index (κ1) is 23.0. The highest BCUT2D eigenvalue weighted by Gasteiger charge is 2.34. The molecule has 1 aliphatic heterocycles. The van der Waals surface area contributed by atoms with Gasteiger partial charge >= 0.3 is 5.97 Å². The van der Waals surface area contributed by atoms with Crippen LogP contribution in [0.3, 0.4) is 0 Å². The van der Waals surface area contributed by atoms with Gasteiger partial charge in [-0.15, -0.1) is 0 Å². The molecule has 1 fully saturated rings. The number of ether oxygens (including phenoxy) is 2. The Labute approximate surface area is 195 Å². The number of rotatable bonds is 5. The van der Waals surface area contributed by atoms with Crippen molar-refractivity contribution in [3.63, 3.8) is 0 Å². The number of pyridine rings is 1. The van der Waals surface area contributed by atoms with E-state index in [2.05, 4.69) is 9.97 Å². The number of hydrogen-bond acceptors (Lipinski definition) is 7. The Balaban J connectivity index is 1.56. The van der Waals surface area contributed by atoms with Gasteiger partial charge in [0.2, 0.25) is 0 Å². The second-order valence-electron chi connectivity index (χ2n) is 7.91. The first-order valence-electron chi connectivity index (χ1n) is 10.7. The molecule has 0 radical (unpaired) electrons. The average Bonchev–Trinajstić information content (AvgIpc) is 3.32. The smallest absolute Gasteiger partial charge is 0.358 e. The Bertz CT molecular complexity index is 1270. The van der Waals surface area contributed by atoms with E-state index < -0.39 is 17.7 Å². The minimum Gasteiger partial charge on any atom is -0.494 e. The molecule has 4 rings (SSSR count).